The quantitative estimate of drug-likeness (QED) is 0.671. The molecule has 0 N–H and O–H groups in total. The Hall–Kier alpha value is -3.60. The zero-order chi connectivity index (χ0) is 20.1. The summed E-state index contributed by atoms with van der Waals surface area (Å²) in [6, 6.07) is 28.5. The van der Waals surface area contributed by atoms with Crippen molar-refractivity contribution in [2.24, 2.45) is 0 Å². The van der Waals surface area contributed by atoms with Gasteiger partial charge in [0.1, 0.15) is 0 Å². The minimum atomic E-state index is -0.0748. The maximum atomic E-state index is 13.4. The Labute approximate surface area is 170 Å². The Kier molecular flexibility index (Phi) is 5.56. The summed E-state index contributed by atoms with van der Waals surface area (Å²) < 4.78 is 0. The molecule has 1 fully saturated rings. The predicted molar refractivity (Wildman–Crippen MR) is 114 cm³/mol. The molecule has 0 unspecified atom stereocenters. The molecule has 3 aromatic carbocycles. The Morgan fingerprint density at radius 2 is 1.00 bits per heavy atom. The Balaban J connectivity index is 1.49. The van der Waals surface area contributed by atoms with Crippen molar-refractivity contribution >= 4 is 23.3 Å². The molecule has 29 heavy (non-hydrogen) atoms. The standard InChI is InChI=1S/C24H23N3O2/c28-23(20-10-4-1-5-11-20)25-16-18-26(19-17-25)24(29)27(21-12-6-2-7-13-21)22-14-8-3-9-15-22/h1-15H,16-19H2. The number of benzene rings is 3. The molecule has 146 valence electrons. The number of piperazine rings is 1. The number of nitrogens with zero attached hydrogens (tertiary/aromatic N) is 3. The number of hydrogen-bond acceptors (Lipinski definition) is 2. The maximum Gasteiger partial charge on any atom is 0.329 e. The van der Waals surface area contributed by atoms with Crippen LogP contribution in [0.5, 0.6) is 0 Å². The van der Waals surface area contributed by atoms with Crippen LogP contribution in [0, 0.1) is 0 Å². The van der Waals surface area contributed by atoms with Crippen LogP contribution in [0.15, 0.2) is 91.0 Å². The first-order valence-corrected chi connectivity index (χ1v) is 9.77. The first-order valence-electron chi connectivity index (χ1n) is 9.77. The molecule has 5 nitrogen and oxygen atoms in total. The highest BCUT2D eigenvalue weighted by Crippen LogP contribution is 2.27. The zero-order valence-corrected chi connectivity index (χ0v) is 16.1. The van der Waals surface area contributed by atoms with E-state index in [1.165, 1.54) is 0 Å². The second kappa shape index (κ2) is 8.61. The van der Waals surface area contributed by atoms with Gasteiger partial charge in [0.15, 0.2) is 0 Å². The molecule has 5 heteroatoms. The lowest BCUT2D eigenvalue weighted by atomic mass is 10.2. The lowest BCUT2D eigenvalue weighted by Crippen LogP contribution is -2.53. The third-order valence-electron chi connectivity index (χ3n) is 5.08. The van der Waals surface area contributed by atoms with Gasteiger partial charge in [0.05, 0.1) is 11.4 Å². The van der Waals surface area contributed by atoms with Crippen LogP contribution in [0.3, 0.4) is 0 Å². The van der Waals surface area contributed by atoms with Gasteiger partial charge in [-0.15, -0.1) is 0 Å². The summed E-state index contributed by atoms with van der Waals surface area (Å²) in [6.45, 7) is 2.06. The van der Waals surface area contributed by atoms with Crippen molar-refractivity contribution < 1.29 is 9.59 Å². The number of anilines is 2. The molecule has 0 atom stereocenters. The van der Waals surface area contributed by atoms with Crippen LogP contribution >= 0.6 is 0 Å². The van der Waals surface area contributed by atoms with Gasteiger partial charge in [-0.2, -0.15) is 0 Å². The van der Waals surface area contributed by atoms with Crippen LogP contribution in [0.25, 0.3) is 0 Å². The van der Waals surface area contributed by atoms with Gasteiger partial charge in [-0.3, -0.25) is 9.69 Å². The van der Waals surface area contributed by atoms with Gasteiger partial charge in [0, 0.05) is 31.7 Å². The molecule has 0 bridgehead atoms. The molecule has 3 amide bonds. The molecule has 0 radical (unpaired) electrons. The third-order valence-corrected chi connectivity index (χ3v) is 5.08. The molecular formula is C24H23N3O2. The first kappa shape index (κ1) is 18.7. The number of para-hydroxylation sites is 2. The first-order chi connectivity index (χ1) is 14.2. The van der Waals surface area contributed by atoms with Crippen molar-refractivity contribution in [1.82, 2.24) is 9.80 Å². The monoisotopic (exact) mass is 385 g/mol. The highest BCUT2D eigenvalue weighted by Gasteiger charge is 2.29. The van der Waals surface area contributed by atoms with E-state index in [1.54, 1.807) is 4.90 Å². The van der Waals surface area contributed by atoms with Gasteiger partial charge in [0.2, 0.25) is 0 Å². The Bertz CT molecular complexity index is 914. The molecule has 1 aliphatic rings. The molecule has 0 aliphatic carbocycles. The van der Waals surface area contributed by atoms with Crippen LogP contribution in [-0.2, 0) is 0 Å². The summed E-state index contributed by atoms with van der Waals surface area (Å²) in [7, 11) is 0. The summed E-state index contributed by atoms with van der Waals surface area (Å²) in [5, 5.41) is 0. The van der Waals surface area contributed by atoms with E-state index in [4.69, 9.17) is 0 Å². The van der Waals surface area contributed by atoms with E-state index in [9.17, 15) is 9.59 Å². The van der Waals surface area contributed by atoms with Crippen LogP contribution in [0.1, 0.15) is 10.4 Å². The van der Waals surface area contributed by atoms with Gasteiger partial charge in [-0.05, 0) is 36.4 Å². The molecular weight excluding hydrogens is 362 g/mol. The fourth-order valence-corrected chi connectivity index (χ4v) is 3.53. The number of amides is 3. The fraction of sp³-hybridized carbons (Fsp3) is 0.167. The average Bonchev–Trinajstić information content (AvgIpc) is 2.81. The molecule has 0 aromatic heterocycles. The number of urea groups is 1. The molecule has 0 spiro atoms. The molecule has 3 aromatic rings. The van der Waals surface area contributed by atoms with Crippen molar-refractivity contribution in [2.75, 3.05) is 31.1 Å². The maximum absolute atomic E-state index is 13.4. The number of hydrogen-bond donors (Lipinski definition) is 0. The highest BCUT2D eigenvalue weighted by atomic mass is 16.2. The largest absolute Gasteiger partial charge is 0.335 e. The normalized spacial score (nSPS) is 13.8. The van der Waals surface area contributed by atoms with Crippen LogP contribution in [0.2, 0.25) is 0 Å². The predicted octanol–water partition coefficient (Wildman–Crippen LogP) is 4.40. The second-order valence-corrected chi connectivity index (χ2v) is 6.93. The van der Waals surface area contributed by atoms with E-state index >= 15 is 0 Å². The van der Waals surface area contributed by atoms with Crippen molar-refractivity contribution in [1.29, 1.82) is 0 Å². The fourth-order valence-electron chi connectivity index (χ4n) is 3.53. The van der Waals surface area contributed by atoms with E-state index in [0.717, 1.165) is 11.4 Å². The Morgan fingerprint density at radius 1 is 0.586 bits per heavy atom. The lowest BCUT2D eigenvalue weighted by Gasteiger charge is -2.37. The minimum Gasteiger partial charge on any atom is -0.335 e. The molecule has 0 saturated carbocycles. The summed E-state index contributed by atoms with van der Waals surface area (Å²) in [4.78, 5) is 31.4. The van der Waals surface area contributed by atoms with E-state index in [0.29, 0.717) is 31.7 Å². The van der Waals surface area contributed by atoms with E-state index in [-0.39, 0.29) is 11.9 Å². The smallest absolute Gasteiger partial charge is 0.329 e. The van der Waals surface area contributed by atoms with Gasteiger partial charge >= 0.3 is 6.03 Å². The van der Waals surface area contributed by atoms with Crippen LogP contribution in [-0.4, -0.2) is 47.9 Å². The summed E-state index contributed by atoms with van der Waals surface area (Å²) in [5.74, 6) is 0.0145. The highest BCUT2D eigenvalue weighted by molar-refractivity contribution is 5.99. The SMILES string of the molecule is O=C(c1ccccc1)N1CCN(C(=O)N(c2ccccc2)c2ccccc2)CC1. The summed E-state index contributed by atoms with van der Waals surface area (Å²) in [6.07, 6.45) is 0. The molecule has 1 saturated heterocycles. The lowest BCUT2D eigenvalue weighted by molar-refractivity contribution is 0.0669. The van der Waals surface area contributed by atoms with E-state index in [2.05, 4.69) is 0 Å². The number of carbonyl (C=O) groups excluding carboxylic acids is 2. The molecule has 4 rings (SSSR count). The van der Waals surface area contributed by atoms with E-state index in [1.807, 2.05) is 101 Å². The summed E-state index contributed by atoms with van der Waals surface area (Å²) in [5.41, 5.74) is 2.33. The molecule has 1 aliphatic heterocycles. The minimum absolute atomic E-state index is 0.0145. The van der Waals surface area contributed by atoms with Crippen LogP contribution < -0.4 is 4.90 Å². The zero-order valence-electron chi connectivity index (χ0n) is 16.1. The van der Waals surface area contributed by atoms with Crippen molar-refractivity contribution in [3.8, 4) is 0 Å². The van der Waals surface area contributed by atoms with Crippen molar-refractivity contribution in [3.63, 3.8) is 0 Å². The van der Waals surface area contributed by atoms with Crippen molar-refractivity contribution in [2.45, 2.75) is 0 Å². The number of carbonyl (C=O) groups is 2. The Morgan fingerprint density at radius 3 is 1.48 bits per heavy atom. The second-order valence-electron chi connectivity index (χ2n) is 6.93. The van der Waals surface area contributed by atoms with Gasteiger partial charge in [-0.1, -0.05) is 54.6 Å². The topological polar surface area (TPSA) is 43.9 Å². The van der Waals surface area contributed by atoms with Gasteiger partial charge in [0.25, 0.3) is 5.91 Å². The van der Waals surface area contributed by atoms with Crippen molar-refractivity contribution in [3.05, 3.63) is 96.6 Å². The van der Waals surface area contributed by atoms with Gasteiger partial charge in [-0.25, -0.2) is 4.79 Å². The average molecular weight is 385 g/mol. The van der Waals surface area contributed by atoms with Gasteiger partial charge < -0.3 is 9.80 Å². The number of rotatable bonds is 3. The molecule has 1 heterocycles. The summed E-state index contributed by atoms with van der Waals surface area (Å²) >= 11 is 0. The van der Waals surface area contributed by atoms with E-state index < -0.39 is 0 Å². The third kappa shape index (κ3) is 4.14. The van der Waals surface area contributed by atoms with Crippen LogP contribution in [0.4, 0.5) is 16.2 Å².